The van der Waals surface area contributed by atoms with Crippen molar-refractivity contribution in [3.63, 3.8) is 0 Å². The van der Waals surface area contributed by atoms with Crippen LogP contribution in [0.1, 0.15) is 19.8 Å². The predicted molar refractivity (Wildman–Crippen MR) is 49.2 cm³/mol. The van der Waals surface area contributed by atoms with Crippen molar-refractivity contribution in [1.82, 2.24) is 10.2 Å². The standard InChI is InChI=1S/C9H17F3N2/c1-2-4-14(8-6-13-7-8)5-3-9(10,11)12/h8,13H,2-7H2,1H3. The van der Waals surface area contributed by atoms with Crippen LogP contribution in [0.3, 0.4) is 0 Å². The maximum absolute atomic E-state index is 12.0. The Balaban J connectivity index is 2.27. The fraction of sp³-hybridized carbons (Fsp3) is 1.00. The molecule has 0 aromatic rings. The van der Waals surface area contributed by atoms with Gasteiger partial charge in [-0.05, 0) is 13.0 Å². The third kappa shape index (κ3) is 3.84. The van der Waals surface area contributed by atoms with Gasteiger partial charge < -0.3 is 5.32 Å². The lowest BCUT2D eigenvalue weighted by atomic mass is 10.1. The molecule has 1 heterocycles. The van der Waals surface area contributed by atoms with Crippen LogP contribution in [0.4, 0.5) is 13.2 Å². The monoisotopic (exact) mass is 210 g/mol. The van der Waals surface area contributed by atoms with Crippen LogP contribution < -0.4 is 5.32 Å². The molecule has 0 spiro atoms. The van der Waals surface area contributed by atoms with Crippen molar-refractivity contribution in [2.75, 3.05) is 26.2 Å². The van der Waals surface area contributed by atoms with Crippen molar-refractivity contribution in [3.8, 4) is 0 Å². The zero-order chi connectivity index (χ0) is 10.6. The number of hydrogen-bond acceptors (Lipinski definition) is 2. The minimum atomic E-state index is -4.02. The Labute approximate surface area is 82.5 Å². The van der Waals surface area contributed by atoms with Gasteiger partial charge in [0.2, 0.25) is 0 Å². The first-order valence-electron chi connectivity index (χ1n) is 5.04. The molecule has 0 saturated carbocycles. The van der Waals surface area contributed by atoms with Crippen LogP contribution in [-0.2, 0) is 0 Å². The summed E-state index contributed by atoms with van der Waals surface area (Å²) in [6.45, 7) is 4.56. The molecule has 1 saturated heterocycles. The highest BCUT2D eigenvalue weighted by molar-refractivity contribution is 4.84. The highest BCUT2D eigenvalue weighted by Gasteiger charge is 2.30. The number of halogens is 3. The molecule has 0 aromatic heterocycles. The number of nitrogens with one attached hydrogen (secondary N) is 1. The van der Waals surface area contributed by atoms with E-state index < -0.39 is 12.6 Å². The number of nitrogens with zero attached hydrogens (tertiary/aromatic N) is 1. The van der Waals surface area contributed by atoms with Crippen molar-refractivity contribution < 1.29 is 13.2 Å². The van der Waals surface area contributed by atoms with Crippen LogP contribution in [0.15, 0.2) is 0 Å². The molecule has 0 unspecified atom stereocenters. The molecule has 1 rings (SSSR count). The van der Waals surface area contributed by atoms with Crippen LogP contribution >= 0.6 is 0 Å². The Morgan fingerprint density at radius 1 is 1.29 bits per heavy atom. The second kappa shape index (κ2) is 4.98. The van der Waals surface area contributed by atoms with Crippen LogP contribution in [0, 0.1) is 0 Å². The summed E-state index contributed by atoms with van der Waals surface area (Å²) < 4.78 is 36.0. The van der Waals surface area contributed by atoms with Crippen molar-refractivity contribution in [3.05, 3.63) is 0 Å². The van der Waals surface area contributed by atoms with Gasteiger partial charge >= 0.3 is 6.18 Å². The van der Waals surface area contributed by atoms with Crippen molar-refractivity contribution in [1.29, 1.82) is 0 Å². The molecule has 5 heteroatoms. The quantitative estimate of drug-likeness (QED) is 0.741. The number of alkyl halides is 3. The maximum atomic E-state index is 12.0. The molecule has 1 aliphatic heterocycles. The molecule has 1 aliphatic rings. The van der Waals surface area contributed by atoms with Gasteiger partial charge in [-0.1, -0.05) is 6.92 Å². The van der Waals surface area contributed by atoms with Gasteiger partial charge in [-0.3, -0.25) is 4.90 Å². The summed E-state index contributed by atoms with van der Waals surface area (Å²) in [4.78, 5) is 1.93. The fourth-order valence-corrected chi connectivity index (χ4v) is 1.57. The molecule has 1 N–H and O–H groups in total. The molecule has 0 amide bonds. The SMILES string of the molecule is CCCN(CCC(F)(F)F)C1CNC1. The summed E-state index contributed by atoms with van der Waals surface area (Å²) in [6, 6.07) is 0.317. The highest BCUT2D eigenvalue weighted by atomic mass is 19.4. The predicted octanol–water partition coefficient (Wildman–Crippen LogP) is 1.62. The van der Waals surface area contributed by atoms with E-state index in [9.17, 15) is 13.2 Å². The van der Waals surface area contributed by atoms with Gasteiger partial charge in [-0.25, -0.2) is 0 Å². The van der Waals surface area contributed by atoms with E-state index in [4.69, 9.17) is 0 Å². The maximum Gasteiger partial charge on any atom is 0.390 e. The molecule has 0 radical (unpaired) electrons. The van der Waals surface area contributed by atoms with E-state index in [2.05, 4.69) is 5.32 Å². The van der Waals surface area contributed by atoms with Gasteiger partial charge in [-0.15, -0.1) is 0 Å². The summed E-state index contributed by atoms with van der Waals surface area (Å²) in [5, 5.41) is 3.07. The average Bonchev–Trinajstić information content (AvgIpc) is 1.95. The summed E-state index contributed by atoms with van der Waals surface area (Å²) in [7, 11) is 0. The first-order chi connectivity index (χ1) is 6.53. The molecule has 14 heavy (non-hydrogen) atoms. The lowest BCUT2D eigenvalue weighted by molar-refractivity contribution is -0.139. The Morgan fingerprint density at radius 3 is 2.29 bits per heavy atom. The summed E-state index contributed by atoms with van der Waals surface area (Å²) >= 11 is 0. The third-order valence-corrected chi connectivity index (χ3v) is 2.47. The Kier molecular flexibility index (Phi) is 4.19. The molecule has 84 valence electrons. The first kappa shape index (κ1) is 11.8. The number of hydrogen-bond donors (Lipinski definition) is 1. The van der Waals surface area contributed by atoms with Gasteiger partial charge in [0.1, 0.15) is 0 Å². The topological polar surface area (TPSA) is 15.3 Å². The van der Waals surface area contributed by atoms with E-state index in [1.54, 1.807) is 0 Å². The molecular weight excluding hydrogens is 193 g/mol. The first-order valence-corrected chi connectivity index (χ1v) is 5.04. The zero-order valence-corrected chi connectivity index (χ0v) is 8.40. The van der Waals surface area contributed by atoms with E-state index in [-0.39, 0.29) is 6.54 Å². The zero-order valence-electron chi connectivity index (χ0n) is 8.40. The average molecular weight is 210 g/mol. The molecule has 0 bridgehead atoms. The molecule has 0 atom stereocenters. The van der Waals surface area contributed by atoms with Crippen LogP contribution in [0.2, 0.25) is 0 Å². The summed E-state index contributed by atoms with van der Waals surface area (Å²) in [6.07, 6.45) is -3.80. The van der Waals surface area contributed by atoms with Crippen LogP contribution in [-0.4, -0.2) is 43.3 Å². The molecular formula is C9H17F3N2. The lowest BCUT2D eigenvalue weighted by Crippen LogP contribution is -2.57. The van der Waals surface area contributed by atoms with Crippen molar-refractivity contribution in [2.24, 2.45) is 0 Å². The van der Waals surface area contributed by atoms with E-state index in [1.165, 1.54) is 0 Å². The second-order valence-corrected chi connectivity index (χ2v) is 3.71. The Hall–Kier alpha value is -0.290. The van der Waals surface area contributed by atoms with Crippen LogP contribution in [0.5, 0.6) is 0 Å². The summed E-state index contributed by atoms with van der Waals surface area (Å²) in [5.41, 5.74) is 0. The lowest BCUT2D eigenvalue weighted by Gasteiger charge is -2.38. The van der Waals surface area contributed by atoms with Crippen molar-refractivity contribution >= 4 is 0 Å². The van der Waals surface area contributed by atoms with E-state index >= 15 is 0 Å². The van der Waals surface area contributed by atoms with Crippen LogP contribution in [0.25, 0.3) is 0 Å². The smallest absolute Gasteiger partial charge is 0.314 e. The fourth-order valence-electron chi connectivity index (χ4n) is 1.57. The minimum Gasteiger partial charge on any atom is -0.314 e. The van der Waals surface area contributed by atoms with Gasteiger partial charge in [0.25, 0.3) is 0 Å². The number of rotatable bonds is 5. The van der Waals surface area contributed by atoms with E-state index in [0.717, 1.165) is 26.1 Å². The molecule has 0 aromatic carbocycles. The third-order valence-electron chi connectivity index (χ3n) is 2.47. The Bertz CT molecular complexity index is 166. The summed E-state index contributed by atoms with van der Waals surface area (Å²) in [5.74, 6) is 0. The minimum absolute atomic E-state index is 0.143. The largest absolute Gasteiger partial charge is 0.390 e. The molecule has 0 aliphatic carbocycles. The van der Waals surface area contributed by atoms with Crippen molar-refractivity contribution in [2.45, 2.75) is 32.0 Å². The molecule has 1 fully saturated rings. The van der Waals surface area contributed by atoms with Gasteiger partial charge in [-0.2, -0.15) is 13.2 Å². The Morgan fingerprint density at radius 2 is 1.93 bits per heavy atom. The van der Waals surface area contributed by atoms with E-state index in [0.29, 0.717) is 6.04 Å². The second-order valence-electron chi connectivity index (χ2n) is 3.71. The normalized spacial score (nSPS) is 18.6. The van der Waals surface area contributed by atoms with Gasteiger partial charge in [0.15, 0.2) is 0 Å². The van der Waals surface area contributed by atoms with Gasteiger partial charge in [0, 0.05) is 25.7 Å². The highest BCUT2D eigenvalue weighted by Crippen LogP contribution is 2.20. The molecule has 2 nitrogen and oxygen atoms in total. The van der Waals surface area contributed by atoms with E-state index in [1.807, 2.05) is 11.8 Å². The van der Waals surface area contributed by atoms with Gasteiger partial charge in [0.05, 0.1) is 6.42 Å².